The van der Waals surface area contributed by atoms with E-state index < -0.39 is 0 Å². The van der Waals surface area contributed by atoms with Crippen LogP contribution in [0, 0.1) is 4.77 Å². The van der Waals surface area contributed by atoms with Gasteiger partial charge in [-0.05, 0) is 37.2 Å². The molecule has 0 aliphatic carbocycles. The Labute approximate surface area is 156 Å². The molecule has 130 valence electrons. The second-order valence-corrected chi connectivity index (χ2v) is 8.00. The third-order valence-corrected chi connectivity index (χ3v) is 6.42. The van der Waals surface area contributed by atoms with Gasteiger partial charge < -0.3 is 9.47 Å². The number of quaternary nitrogens is 1. The number of nitrogens with one attached hydrogen (secondary N) is 1. The molecule has 0 spiro atoms. The SMILES string of the molecule is C=CCn1cnn(C[NH+]2CCC[C@H](c3nc4ccccc4s3)C2)c1=S. The van der Waals surface area contributed by atoms with Gasteiger partial charge in [0, 0.05) is 6.54 Å². The van der Waals surface area contributed by atoms with Gasteiger partial charge in [0.2, 0.25) is 4.77 Å². The number of allylic oxidation sites excluding steroid dienone is 1. The largest absolute Gasteiger partial charge is 0.316 e. The third kappa shape index (κ3) is 3.44. The number of likely N-dealkylation sites (tertiary alicyclic amines) is 1. The summed E-state index contributed by atoms with van der Waals surface area (Å²) in [6.45, 7) is 7.56. The average molecular weight is 373 g/mol. The van der Waals surface area contributed by atoms with E-state index in [-0.39, 0.29) is 0 Å². The van der Waals surface area contributed by atoms with Gasteiger partial charge in [-0.2, -0.15) is 9.78 Å². The van der Waals surface area contributed by atoms with Crippen LogP contribution in [-0.4, -0.2) is 32.4 Å². The molecule has 1 saturated heterocycles. The summed E-state index contributed by atoms with van der Waals surface area (Å²) >= 11 is 7.36. The first-order valence-corrected chi connectivity index (χ1v) is 9.89. The molecule has 0 radical (unpaired) electrons. The Hall–Kier alpha value is -1.83. The van der Waals surface area contributed by atoms with Crippen LogP contribution < -0.4 is 4.90 Å². The van der Waals surface area contributed by atoms with E-state index in [1.54, 1.807) is 6.33 Å². The molecule has 2 atom stereocenters. The molecule has 3 aromatic rings. The van der Waals surface area contributed by atoms with Gasteiger partial charge in [-0.1, -0.05) is 18.2 Å². The number of hydrogen-bond acceptors (Lipinski definition) is 4. The number of thiazole rings is 1. The van der Waals surface area contributed by atoms with E-state index in [4.69, 9.17) is 17.2 Å². The molecule has 0 bridgehead atoms. The van der Waals surface area contributed by atoms with Crippen molar-refractivity contribution in [1.29, 1.82) is 0 Å². The maximum Gasteiger partial charge on any atom is 0.202 e. The lowest BCUT2D eigenvalue weighted by molar-refractivity contribution is -0.929. The van der Waals surface area contributed by atoms with Gasteiger partial charge in [-0.25, -0.2) is 4.98 Å². The van der Waals surface area contributed by atoms with Gasteiger partial charge in [0.1, 0.15) is 11.3 Å². The minimum Gasteiger partial charge on any atom is -0.316 e. The molecule has 4 rings (SSSR count). The number of piperidine rings is 1. The van der Waals surface area contributed by atoms with Crippen LogP contribution in [0.5, 0.6) is 0 Å². The first kappa shape index (κ1) is 16.6. The van der Waals surface area contributed by atoms with Crippen LogP contribution in [0.1, 0.15) is 23.8 Å². The van der Waals surface area contributed by atoms with Gasteiger partial charge in [0.05, 0.1) is 29.2 Å². The highest BCUT2D eigenvalue weighted by molar-refractivity contribution is 7.71. The zero-order chi connectivity index (χ0) is 17.2. The summed E-state index contributed by atoms with van der Waals surface area (Å²) in [4.78, 5) is 6.39. The molecule has 2 aromatic heterocycles. The van der Waals surface area contributed by atoms with Crippen LogP contribution >= 0.6 is 23.6 Å². The summed E-state index contributed by atoms with van der Waals surface area (Å²) in [6, 6.07) is 8.42. The Bertz CT molecular complexity index is 905. The molecule has 0 saturated carbocycles. The first-order chi connectivity index (χ1) is 12.2. The number of aromatic nitrogens is 4. The highest BCUT2D eigenvalue weighted by atomic mass is 32.1. The topological polar surface area (TPSA) is 40.1 Å². The van der Waals surface area contributed by atoms with E-state index in [9.17, 15) is 0 Å². The van der Waals surface area contributed by atoms with Crippen molar-refractivity contribution in [3.05, 3.63) is 53.0 Å². The fourth-order valence-electron chi connectivity index (χ4n) is 3.53. The maximum atomic E-state index is 5.52. The van der Waals surface area contributed by atoms with Gasteiger partial charge in [-0.3, -0.25) is 0 Å². The molecule has 1 aliphatic rings. The summed E-state index contributed by atoms with van der Waals surface area (Å²) in [5, 5.41) is 5.73. The summed E-state index contributed by atoms with van der Waals surface area (Å²) in [7, 11) is 0. The van der Waals surface area contributed by atoms with Crippen LogP contribution in [0.25, 0.3) is 10.2 Å². The molecule has 1 aliphatic heterocycles. The standard InChI is InChI=1S/C18H21N5S2/c1-2-9-22-12-19-23(18(22)24)13-21-10-5-6-14(11-21)17-20-15-7-3-4-8-16(15)25-17/h2-4,7-8,12,14H,1,5-6,9-11,13H2/p+1/t14-/m0/s1. The van der Waals surface area contributed by atoms with Gasteiger partial charge in [-0.15, -0.1) is 17.9 Å². The lowest BCUT2D eigenvalue weighted by Gasteiger charge is -2.28. The second kappa shape index (κ2) is 7.19. The number of rotatable bonds is 5. The number of para-hydroxylation sites is 1. The molecule has 25 heavy (non-hydrogen) atoms. The Morgan fingerprint density at radius 3 is 3.12 bits per heavy atom. The van der Waals surface area contributed by atoms with Crippen LogP contribution in [-0.2, 0) is 13.2 Å². The Kier molecular flexibility index (Phi) is 4.78. The molecule has 0 amide bonds. The molecule has 1 N–H and O–H groups in total. The van der Waals surface area contributed by atoms with Crippen molar-refractivity contribution in [2.45, 2.75) is 32.0 Å². The number of benzene rings is 1. The molecular formula is C18H22N5S2+. The van der Waals surface area contributed by atoms with Crippen LogP contribution in [0.3, 0.4) is 0 Å². The quantitative estimate of drug-likeness (QED) is 0.553. The zero-order valence-corrected chi connectivity index (χ0v) is 15.7. The minimum atomic E-state index is 0.533. The maximum absolute atomic E-state index is 5.52. The summed E-state index contributed by atoms with van der Waals surface area (Å²) in [6.07, 6.45) is 6.09. The summed E-state index contributed by atoms with van der Waals surface area (Å²) in [5.41, 5.74) is 1.13. The molecule has 1 aromatic carbocycles. The number of nitrogens with zero attached hydrogens (tertiary/aromatic N) is 4. The Morgan fingerprint density at radius 1 is 1.40 bits per heavy atom. The highest BCUT2D eigenvalue weighted by Crippen LogP contribution is 2.30. The average Bonchev–Trinajstić information content (AvgIpc) is 3.21. The van der Waals surface area contributed by atoms with E-state index in [0.717, 1.165) is 30.0 Å². The second-order valence-electron chi connectivity index (χ2n) is 6.58. The van der Waals surface area contributed by atoms with Crippen LogP contribution in [0.4, 0.5) is 0 Å². The van der Waals surface area contributed by atoms with E-state index in [2.05, 4.69) is 35.9 Å². The van der Waals surface area contributed by atoms with Crippen molar-refractivity contribution in [2.75, 3.05) is 13.1 Å². The lowest BCUT2D eigenvalue weighted by Crippen LogP contribution is -3.12. The molecule has 5 nitrogen and oxygen atoms in total. The number of hydrogen-bond donors (Lipinski definition) is 1. The number of fused-ring (bicyclic) bond motifs is 1. The molecule has 1 unspecified atom stereocenters. The van der Waals surface area contributed by atoms with Crippen LogP contribution in [0.15, 0.2) is 43.2 Å². The Balaban J connectivity index is 1.49. The van der Waals surface area contributed by atoms with E-state index in [0.29, 0.717) is 12.5 Å². The normalized spacial score (nSPS) is 20.8. The van der Waals surface area contributed by atoms with Gasteiger partial charge >= 0.3 is 0 Å². The molecule has 1 fully saturated rings. The van der Waals surface area contributed by atoms with E-state index in [1.807, 2.05) is 26.7 Å². The molecule has 3 heterocycles. The fourth-order valence-corrected chi connectivity index (χ4v) is 4.86. The van der Waals surface area contributed by atoms with Crippen molar-refractivity contribution < 1.29 is 4.90 Å². The highest BCUT2D eigenvalue weighted by Gasteiger charge is 2.27. The smallest absolute Gasteiger partial charge is 0.202 e. The van der Waals surface area contributed by atoms with Crippen LogP contribution in [0.2, 0.25) is 0 Å². The van der Waals surface area contributed by atoms with Crippen molar-refractivity contribution in [3.8, 4) is 0 Å². The van der Waals surface area contributed by atoms with Crippen molar-refractivity contribution in [2.24, 2.45) is 0 Å². The zero-order valence-electron chi connectivity index (χ0n) is 14.1. The monoisotopic (exact) mass is 372 g/mol. The predicted octanol–water partition coefficient (Wildman–Crippen LogP) is 2.63. The molecular weight excluding hydrogens is 350 g/mol. The lowest BCUT2D eigenvalue weighted by atomic mass is 9.99. The van der Waals surface area contributed by atoms with Gasteiger partial charge in [0.15, 0.2) is 6.67 Å². The summed E-state index contributed by atoms with van der Waals surface area (Å²) in [5.74, 6) is 0.533. The van der Waals surface area contributed by atoms with Gasteiger partial charge in [0.25, 0.3) is 0 Å². The first-order valence-electron chi connectivity index (χ1n) is 8.67. The fraction of sp³-hybridized carbons (Fsp3) is 0.389. The van der Waals surface area contributed by atoms with Crippen molar-refractivity contribution in [3.63, 3.8) is 0 Å². The third-order valence-electron chi connectivity index (χ3n) is 4.77. The van der Waals surface area contributed by atoms with E-state index in [1.165, 1.54) is 27.4 Å². The predicted molar refractivity (Wildman–Crippen MR) is 104 cm³/mol. The van der Waals surface area contributed by atoms with E-state index >= 15 is 0 Å². The van der Waals surface area contributed by atoms with Crippen molar-refractivity contribution in [1.82, 2.24) is 19.3 Å². The minimum absolute atomic E-state index is 0.533. The molecule has 7 heteroatoms. The Morgan fingerprint density at radius 2 is 2.28 bits per heavy atom. The van der Waals surface area contributed by atoms with Crippen molar-refractivity contribution >= 4 is 33.8 Å². The summed E-state index contributed by atoms with van der Waals surface area (Å²) < 4.78 is 5.95.